The van der Waals surface area contributed by atoms with Gasteiger partial charge in [-0.05, 0) is 29.7 Å². The first kappa shape index (κ1) is 20.2. The molecule has 0 bridgehead atoms. The summed E-state index contributed by atoms with van der Waals surface area (Å²) in [5.74, 6) is 1.41. The molecule has 0 radical (unpaired) electrons. The van der Waals surface area contributed by atoms with Crippen LogP contribution in [0.3, 0.4) is 0 Å². The van der Waals surface area contributed by atoms with Crippen molar-refractivity contribution in [2.24, 2.45) is 0 Å². The van der Waals surface area contributed by atoms with E-state index in [1.165, 1.54) is 46.8 Å². The van der Waals surface area contributed by atoms with Gasteiger partial charge in [0.25, 0.3) is 5.69 Å². The number of aliphatic hydroxyl groups is 1. The predicted octanol–water partition coefficient (Wildman–Crippen LogP) is 3.26. The van der Waals surface area contributed by atoms with Crippen molar-refractivity contribution in [2.75, 3.05) is 28.4 Å². The van der Waals surface area contributed by atoms with Gasteiger partial charge in [0.05, 0.1) is 50.7 Å². The van der Waals surface area contributed by atoms with Crippen molar-refractivity contribution in [2.45, 2.75) is 6.10 Å². The van der Waals surface area contributed by atoms with Gasteiger partial charge in [-0.3, -0.25) is 15.1 Å². The van der Waals surface area contributed by atoms with E-state index in [1.54, 1.807) is 18.2 Å². The molecule has 0 spiro atoms. The smallest absolute Gasteiger partial charge is 0.279 e. The Hall–Kier alpha value is -3.59. The van der Waals surface area contributed by atoms with E-state index < -0.39 is 11.0 Å². The van der Waals surface area contributed by atoms with Crippen molar-refractivity contribution in [3.05, 3.63) is 57.9 Å². The first-order chi connectivity index (χ1) is 13.9. The fraction of sp³-hybridized carbons (Fsp3) is 0.250. The molecule has 2 aromatic carbocycles. The third-order valence-electron chi connectivity index (χ3n) is 4.58. The highest BCUT2D eigenvalue weighted by Gasteiger charge is 2.28. The van der Waals surface area contributed by atoms with Crippen LogP contribution in [0.5, 0.6) is 23.0 Å². The minimum Gasteiger partial charge on any atom is -0.493 e. The Morgan fingerprint density at radius 1 is 0.931 bits per heavy atom. The van der Waals surface area contributed by atoms with Gasteiger partial charge in [0.2, 0.25) is 0 Å². The molecule has 0 aliphatic rings. The van der Waals surface area contributed by atoms with E-state index in [2.05, 4.69) is 4.98 Å². The fourth-order valence-electron chi connectivity index (χ4n) is 3.15. The zero-order chi connectivity index (χ0) is 21.1. The van der Waals surface area contributed by atoms with Crippen LogP contribution < -0.4 is 18.9 Å². The molecule has 152 valence electrons. The van der Waals surface area contributed by atoms with Crippen molar-refractivity contribution in [3.8, 4) is 23.0 Å². The van der Waals surface area contributed by atoms with Gasteiger partial charge >= 0.3 is 0 Å². The Bertz CT molecular complexity index is 1070. The lowest BCUT2D eigenvalue weighted by Crippen LogP contribution is -2.08. The Morgan fingerprint density at radius 2 is 1.48 bits per heavy atom. The monoisotopic (exact) mass is 400 g/mol. The summed E-state index contributed by atoms with van der Waals surface area (Å²) in [6, 6.07) is 7.76. The highest BCUT2D eigenvalue weighted by Crippen LogP contribution is 2.41. The third-order valence-corrected chi connectivity index (χ3v) is 4.58. The highest BCUT2D eigenvalue weighted by atomic mass is 16.6. The SMILES string of the molecule is COc1cc(C(O)c2nccc3cc(OC)c(OC)cc23)c([N+](=O)[O-])cc1OC. The third kappa shape index (κ3) is 3.59. The van der Waals surface area contributed by atoms with Gasteiger partial charge in [-0.2, -0.15) is 0 Å². The van der Waals surface area contributed by atoms with Crippen LogP contribution in [0.15, 0.2) is 36.5 Å². The van der Waals surface area contributed by atoms with Crippen molar-refractivity contribution in [3.63, 3.8) is 0 Å². The molecule has 1 atom stereocenters. The number of hydrogen-bond acceptors (Lipinski definition) is 8. The summed E-state index contributed by atoms with van der Waals surface area (Å²) in [4.78, 5) is 15.3. The van der Waals surface area contributed by atoms with E-state index in [-0.39, 0.29) is 28.4 Å². The Labute approximate surface area is 166 Å². The second kappa shape index (κ2) is 8.19. The molecule has 3 aromatic rings. The lowest BCUT2D eigenvalue weighted by molar-refractivity contribution is -0.386. The van der Waals surface area contributed by atoms with Gasteiger partial charge in [0.1, 0.15) is 6.10 Å². The average molecular weight is 400 g/mol. The van der Waals surface area contributed by atoms with Gasteiger partial charge in [-0.25, -0.2) is 0 Å². The van der Waals surface area contributed by atoms with Crippen LogP contribution in [0.1, 0.15) is 17.4 Å². The number of nitro groups is 1. The standard InChI is InChI=1S/C20H20N2O7/c1-26-15-7-11-5-6-21-19(12(11)8-16(15)27-2)20(23)13-9-17(28-3)18(29-4)10-14(13)22(24)25/h5-10,20,23H,1-4H3. The first-order valence-electron chi connectivity index (χ1n) is 8.54. The van der Waals surface area contributed by atoms with Crippen LogP contribution in [0, 0.1) is 10.1 Å². The van der Waals surface area contributed by atoms with E-state index >= 15 is 0 Å². The quantitative estimate of drug-likeness (QED) is 0.475. The predicted molar refractivity (Wildman–Crippen MR) is 105 cm³/mol. The number of hydrogen-bond donors (Lipinski definition) is 1. The van der Waals surface area contributed by atoms with E-state index in [1.807, 2.05) is 0 Å². The number of aliphatic hydroxyl groups excluding tert-OH is 1. The van der Waals surface area contributed by atoms with Crippen LogP contribution >= 0.6 is 0 Å². The maximum absolute atomic E-state index is 11.6. The first-order valence-corrected chi connectivity index (χ1v) is 8.54. The molecule has 1 aromatic heterocycles. The van der Waals surface area contributed by atoms with Gasteiger partial charge < -0.3 is 24.1 Å². The second-order valence-corrected chi connectivity index (χ2v) is 6.05. The number of aromatic nitrogens is 1. The molecule has 0 aliphatic carbocycles. The Balaban J connectivity index is 2.24. The minimum absolute atomic E-state index is 0.0300. The number of ether oxygens (including phenoxy) is 4. The number of fused-ring (bicyclic) bond motifs is 1. The molecule has 1 N–H and O–H groups in total. The zero-order valence-corrected chi connectivity index (χ0v) is 16.3. The van der Waals surface area contributed by atoms with Gasteiger partial charge in [0.15, 0.2) is 23.0 Å². The van der Waals surface area contributed by atoms with Gasteiger partial charge in [-0.15, -0.1) is 0 Å². The van der Waals surface area contributed by atoms with Crippen molar-refractivity contribution in [1.29, 1.82) is 0 Å². The molecular weight excluding hydrogens is 380 g/mol. The van der Waals surface area contributed by atoms with Gasteiger partial charge in [-0.1, -0.05) is 0 Å². The lowest BCUT2D eigenvalue weighted by atomic mass is 9.98. The summed E-state index contributed by atoms with van der Waals surface area (Å²) in [6.07, 6.45) is 0.122. The summed E-state index contributed by atoms with van der Waals surface area (Å²) in [6.45, 7) is 0. The summed E-state index contributed by atoms with van der Waals surface area (Å²) in [5.41, 5.74) is -0.0457. The van der Waals surface area contributed by atoms with Gasteiger partial charge in [0, 0.05) is 11.6 Å². The van der Waals surface area contributed by atoms with Crippen molar-refractivity contribution >= 4 is 16.5 Å². The van der Waals surface area contributed by atoms with E-state index in [9.17, 15) is 15.2 Å². The Morgan fingerprint density at radius 3 is 2.07 bits per heavy atom. The molecule has 1 heterocycles. The van der Waals surface area contributed by atoms with Crippen LogP contribution in [-0.4, -0.2) is 43.5 Å². The number of methoxy groups -OCH3 is 4. The molecule has 0 fully saturated rings. The minimum atomic E-state index is -1.39. The molecule has 9 heteroatoms. The number of pyridine rings is 1. The van der Waals surface area contributed by atoms with Crippen LogP contribution in [-0.2, 0) is 0 Å². The second-order valence-electron chi connectivity index (χ2n) is 6.05. The van der Waals surface area contributed by atoms with E-state index in [0.29, 0.717) is 16.9 Å². The topological polar surface area (TPSA) is 113 Å². The maximum Gasteiger partial charge on any atom is 0.279 e. The normalized spacial score (nSPS) is 11.8. The number of nitro benzene ring substituents is 1. The molecule has 3 rings (SSSR count). The number of rotatable bonds is 7. The van der Waals surface area contributed by atoms with E-state index in [0.717, 1.165) is 5.39 Å². The number of benzene rings is 2. The molecule has 9 nitrogen and oxygen atoms in total. The molecule has 0 saturated carbocycles. The summed E-state index contributed by atoms with van der Waals surface area (Å²) in [5, 5.41) is 24.0. The molecule has 0 amide bonds. The fourth-order valence-corrected chi connectivity index (χ4v) is 3.15. The molecule has 0 aliphatic heterocycles. The van der Waals surface area contributed by atoms with Crippen molar-refractivity contribution in [1.82, 2.24) is 4.98 Å². The molecule has 29 heavy (non-hydrogen) atoms. The average Bonchev–Trinajstić information content (AvgIpc) is 2.75. The summed E-state index contributed by atoms with van der Waals surface area (Å²) < 4.78 is 21.0. The van der Waals surface area contributed by atoms with Crippen LogP contribution in [0.2, 0.25) is 0 Å². The molecule has 0 saturated heterocycles. The van der Waals surface area contributed by atoms with Crippen molar-refractivity contribution < 1.29 is 29.0 Å². The van der Waals surface area contributed by atoms with E-state index in [4.69, 9.17) is 18.9 Å². The molecule has 1 unspecified atom stereocenters. The summed E-state index contributed by atoms with van der Waals surface area (Å²) in [7, 11) is 5.81. The van der Waals surface area contributed by atoms with Crippen LogP contribution in [0.25, 0.3) is 10.8 Å². The maximum atomic E-state index is 11.6. The molecular formula is C20H20N2O7. The Kier molecular flexibility index (Phi) is 5.69. The zero-order valence-electron chi connectivity index (χ0n) is 16.3. The highest BCUT2D eigenvalue weighted by molar-refractivity contribution is 5.88. The van der Waals surface area contributed by atoms with Crippen LogP contribution in [0.4, 0.5) is 5.69 Å². The lowest BCUT2D eigenvalue weighted by Gasteiger charge is -2.17. The summed E-state index contributed by atoms with van der Waals surface area (Å²) >= 11 is 0. The largest absolute Gasteiger partial charge is 0.493 e. The number of nitrogens with zero attached hydrogens (tertiary/aromatic N) is 2.